The number of carbonyl (C=O) groups excluding carboxylic acids is 1. The summed E-state index contributed by atoms with van der Waals surface area (Å²) in [5.74, 6) is 0.312. The summed E-state index contributed by atoms with van der Waals surface area (Å²) >= 11 is 5.76. The predicted molar refractivity (Wildman–Crippen MR) is 71.2 cm³/mol. The number of Topliss-reactive ketones (excluding diaryl/α,β-unsaturated/α-hetero) is 1. The van der Waals surface area contributed by atoms with Gasteiger partial charge in [0.2, 0.25) is 5.78 Å². The van der Waals surface area contributed by atoms with Crippen LogP contribution < -0.4 is 0 Å². The number of furan rings is 1. The van der Waals surface area contributed by atoms with E-state index in [4.69, 9.17) is 16.0 Å². The minimum absolute atomic E-state index is 0.0316. The number of hydrogen-bond donors (Lipinski definition) is 0. The highest BCUT2D eigenvalue weighted by Gasteiger charge is 2.13. The zero-order valence-corrected chi connectivity index (χ0v) is 11.0. The summed E-state index contributed by atoms with van der Waals surface area (Å²) in [5.41, 5.74) is 0.893. The molecule has 0 bridgehead atoms. The third-order valence-corrected chi connectivity index (χ3v) is 3.82. The van der Waals surface area contributed by atoms with Gasteiger partial charge >= 0.3 is 0 Å². The molecule has 1 aromatic heterocycles. The second kappa shape index (κ2) is 5.98. The molecule has 0 spiro atoms. The summed E-state index contributed by atoms with van der Waals surface area (Å²) in [5, 5.41) is 0.635. The second-order valence-corrected chi connectivity index (χ2v) is 5.65. The van der Waals surface area contributed by atoms with Crippen molar-refractivity contribution < 1.29 is 13.4 Å². The zero-order valence-electron chi connectivity index (χ0n) is 9.47. The van der Waals surface area contributed by atoms with Gasteiger partial charge in [0.25, 0.3) is 0 Å². The van der Waals surface area contributed by atoms with Crippen LogP contribution in [0.2, 0.25) is 5.02 Å². The lowest BCUT2D eigenvalue weighted by molar-refractivity contribution is 0.0991. The average molecular weight is 283 g/mol. The average Bonchev–Trinajstić information content (AvgIpc) is 2.85. The smallest absolute Gasteiger partial charge is 0.210 e. The topological polar surface area (TPSA) is 47.3 Å². The molecule has 0 saturated heterocycles. The normalized spacial score (nSPS) is 12.3. The van der Waals surface area contributed by atoms with Gasteiger partial charge in [-0.3, -0.25) is 9.00 Å². The first-order chi connectivity index (χ1) is 8.65. The molecule has 5 heteroatoms. The Morgan fingerprint density at radius 3 is 2.56 bits per heavy atom. The molecule has 0 aliphatic rings. The molecular formula is C13H11ClO3S. The molecule has 3 nitrogen and oxygen atoms in total. The van der Waals surface area contributed by atoms with Crippen molar-refractivity contribution in [3.63, 3.8) is 0 Å². The van der Waals surface area contributed by atoms with E-state index in [2.05, 4.69) is 0 Å². The van der Waals surface area contributed by atoms with E-state index in [0.717, 1.165) is 5.56 Å². The van der Waals surface area contributed by atoms with Crippen molar-refractivity contribution in [2.45, 2.75) is 5.75 Å². The Morgan fingerprint density at radius 1 is 1.22 bits per heavy atom. The summed E-state index contributed by atoms with van der Waals surface area (Å²) < 4.78 is 16.8. The molecule has 1 aromatic carbocycles. The van der Waals surface area contributed by atoms with Crippen LogP contribution in [0.15, 0.2) is 47.1 Å². The molecule has 94 valence electrons. The number of halogens is 1. The molecular weight excluding hydrogens is 272 g/mol. The van der Waals surface area contributed by atoms with Crippen LogP contribution >= 0.6 is 11.6 Å². The van der Waals surface area contributed by atoms with E-state index in [1.165, 1.54) is 6.26 Å². The van der Waals surface area contributed by atoms with Gasteiger partial charge in [0.1, 0.15) is 0 Å². The van der Waals surface area contributed by atoms with Crippen molar-refractivity contribution in [3.05, 3.63) is 59.0 Å². The van der Waals surface area contributed by atoms with Crippen molar-refractivity contribution in [1.29, 1.82) is 0 Å². The maximum absolute atomic E-state index is 11.8. The largest absolute Gasteiger partial charge is 0.461 e. The quantitative estimate of drug-likeness (QED) is 0.792. The second-order valence-electron chi connectivity index (χ2n) is 3.76. The summed E-state index contributed by atoms with van der Waals surface area (Å²) in [6.07, 6.45) is 1.43. The lowest BCUT2D eigenvalue weighted by atomic mass is 10.2. The molecule has 0 aliphatic heterocycles. The first kappa shape index (κ1) is 13.1. The summed E-state index contributed by atoms with van der Waals surface area (Å²) in [4.78, 5) is 11.7. The van der Waals surface area contributed by atoms with Crippen LogP contribution in [-0.4, -0.2) is 15.7 Å². The molecule has 0 amide bonds. The molecule has 1 atom stereocenters. The Morgan fingerprint density at radius 2 is 1.94 bits per heavy atom. The van der Waals surface area contributed by atoms with Crippen molar-refractivity contribution in [1.82, 2.24) is 0 Å². The first-order valence-corrected chi connectivity index (χ1v) is 7.18. The molecule has 0 saturated carbocycles. The Balaban J connectivity index is 1.93. The number of benzene rings is 1. The highest BCUT2D eigenvalue weighted by Crippen LogP contribution is 2.12. The summed E-state index contributed by atoms with van der Waals surface area (Å²) in [7, 11) is -1.24. The van der Waals surface area contributed by atoms with Gasteiger partial charge in [0, 0.05) is 21.6 Å². The molecule has 0 N–H and O–H groups in total. The fourth-order valence-corrected chi connectivity index (χ4v) is 2.70. The summed E-state index contributed by atoms with van der Waals surface area (Å²) in [6.45, 7) is 0. The van der Waals surface area contributed by atoms with Crippen LogP contribution in [0.25, 0.3) is 0 Å². The van der Waals surface area contributed by atoms with E-state index in [1.807, 2.05) is 0 Å². The van der Waals surface area contributed by atoms with Gasteiger partial charge in [0.05, 0.1) is 12.0 Å². The van der Waals surface area contributed by atoms with E-state index in [1.54, 1.807) is 36.4 Å². The van der Waals surface area contributed by atoms with E-state index >= 15 is 0 Å². The van der Waals surface area contributed by atoms with E-state index in [9.17, 15) is 9.00 Å². The molecule has 0 radical (unpaired) electrons. The van der Waals surface area contributed by atoms with Crippen LogP contribution in [-0.2, 0) is 16.6 Å². The molecule has 2 aromatic rings. The highest BCUT2D eigenvalue weighted by molar-refractivity contribution is 7.85. The minimum Gasteiger partial charge on any atom is -0.461 e. The molecule has 1 heterocycles. The molecule has 18 heavy (non-hydrogen) atoms. The van der Waals surface area contributed by atoms with Gasteiger partial charge in [-0.2, -0.15) is 0 Å². The van der Waals surface area contributed by atoms with E-state index < -0.39 is 10.8 Å². The van der Waals surface area contributed by atoms with Crippen molar-refractivity contribution in [3.8, 4) is 0 Å². The Bertz CT molecular complexity index is 546. The molecule has 2 rings (SSSR count). The van der Waals surface area contributed by atoms with Crippen LogP contribution in [0.4, 0.5) is 0 Å². The molecule has 0 aliphatic carbocycles. The highest BCUT2D eigenvalue weighted by atomic mass is 35.5. The third kappa shape index (κ3) is 3.55. The van der Waals surface area contributed by atoms with Gasteiger partial charge < -0.3 is 4.42 Å². The number of carbonyl (C=O) groups is 1. The number of rotatable bonds is 5. The lowest BCUT2D eigenvalue weighted by Crippen LogP contribution is -2.11. The molecule has 1 unspecified atom stereocenters. The van der Waals surface area contributed by atoms with Gasteiger partial charge in [-0.05, 0) is 29.8 Å². The standard InChI is InChI=1S/C13H11ClO3S/c14-11-5-3-10(4-6-11)8-18(16)9-12(15)13-2-1-7-17-13/h1-7H,8-9H2. The monoisotopic (exact) mass is 282 g/mol. The maximum Gasteiger partial charge on any atom is 0.210 e. The van der Waals surface area contributed by atoms with Crippen molar-refractivity contribution in [2.24, 2.45) is 0 Å². The van der Waals surface area contributed by atoms with Crippen molar-refractivity contribution in [2.75, 3.05) is 5.75 Å². The lowest BCUT2D eigenvalue weighted by Gasteiger charge is -2.01. The minimum atomic E-state index is -1.24. The third-order valence-electron chi connectivity index (χ3n) is 2.33. The van der Waals surface area contributed by atoms with Crippen molar-refractivity contribution >= 4 is 28.2 Å². The Hall–Kier alpha value is -1.39. The van der Waals surface area contributed by atoms with Gasteiger partial charge in [-0.25, -0.2) is 0 Å². The maximum atomic E-state index is 11.8. The SMILES string of the molecule is O=C(CS(=O)Cc1ccc(Cl)cc1)c1ccco1. The van der Waals surface area contributed by atoms with Crippen LogP contribution in [0, 0.1) is 0 Å². The van der Waals surface area contributed by atoms with Crippen LogP contribution in [0.1, 0.15) is 16.1 Å². The van der Waals surface area contributed by atoms with Gasteiger partial charge in [-0.15, -0.1) is 0 Å². The van der Waals surface area contributed by atoms with Crippen LogP contribution in [0.5, 0.6) is 0 Å². The fourth-order valence-electron chi connectivity index (χ4n) is 1.47. The first-order valence-electron chi connectivity index (χ1n) is 5.31. The van der Waals surface area contributed by atoms with E-state index in [0.29, 0.717) is 10.8 Å². The summed E-state index contributed by atoms with van der Waals surface area (Å²) in [6, 6.07) is 10.3. The van der Waals surface area contributed by atoms with E-state index in [-0.39, 0.29) is 17.3 Å². The Kier molecular flexibility index (Phi) is 4.33. The predicted octanol–water partition coefficient (Wildman–Crippen LogP) is 3.06. The van der Waals surface area contributed by atoms with Gasteiger partial charge in [-0.1, -0.05) is 23.7 Å². The molecule has 0 fully saturated rings. The zero-order chi connectivity index (χ0) is 13.0. The fraction of sp³-hybridized carbons (Fsp3) is 0.154. The Labute approximate surface area is 112 Å². The number of hydrogen-bond acceptors (Lipinski definition) is 3. The van der Waals surface area contributed by atoms with Gasteiger partial charge in [0.15, 0.2) is 5.76 Å². The van der Waals surface area contributed by atoms with Crippen LogP contribution in [0.3, 0.4) is 0 Å². The number of ketones is 1.